The number of methoxy groups -OCH3 is 1. The molecule has 0 amide bonds. The van der Waals surface area contributed by atoms with E-state index in [1.807, 2.05) is 43.6 Å². The van der Waals surface area contributed by atoms with Gasteiger partial charge < -0.3 is 29.2 Å². The highest BCUT2D eigenvalue weighted by atomic mass is 16.5. The van der Waals surface area contributed by atoms with Crippen LogP contribution in [-0.4, -0.2) is 52.0 Å². The minimum atomic E-state index is -0.539. The summed E-state index contributed by atoms with van der Waals surface area (Å²) in [5.74, 6) is 1.46. The first-order valence-electron chi connectivity index (χ1n) is 11.0. The average molecular weight is 423 g/mol. The molecule has 2 unspecified atom stereocenters. The molecular formula is C25H30N2O4. The summed E-state index contributed by atoms with van der Waals surface area (Å²) >= 11 is 0. The molecule has 6 nitrogen and oxygen atoms in total. The highest BCUT2D eigenvalue weighted by Gasteiger charge is 2.43. The number of para-hydroxylation sites is 1. The predicted molar refractivity (Wildman–Crippen MR) is 119 cm³/mol. The van der Waals surface area contributed by atoms with E-state index in [0.29, 0.717) is 13.0 Å². The number of aromatic nitrogens is 1. The molecule has 6 heteroatoms. The molecule has 164 valence electrons. The number of nitrogens with zero attached hydrogens (tertiary/aromatic N) is 2. The van der Waals surface area contributed by atoms with Gasteiger partial charge in [0.05, 0.1) is 19.3 Å². The van der Waals surface area contributed by atoms with Crippen LogP contribution >= 0.6 is 0 Å². The van der Waals surface area contributed by atoms with E-state index >= 15 is 0 Å². The monoisotopic (exact) mass is 422 g/mol. The lowest BCUT2D eigenvalue weighted by atomic mass is 9.81. The first-order valence-corrected chi connectivity index (χ1v) is 11.0. The first-order chi connectivity index (χ1) is 15.0. The zero-order valence-electron chi connectivity index (χ0n) is 18.1. The van der Waals surface area contributed by atoms with Gasteiger partial charge in [0.15, 0.2) is 0 Å². The molecule has 0 saturated carbocycles. The normalized spacial score (nSPS) is 21.6. The molecule has 0 bridgehead atoms. The van der Waals surface area contributed by atoms with Crippen LogP contribution in [0.15, 0.2) is 48.7 Å². The molecule has 3 aromatic rings. The predicted octanol–water partition coefficient (Wildman–Crippen LogP) is 3.57. The molecule has 1 saturated heterocycles. The van der Waals surface area contributed by atoms with Gasteiger partial charge in [0, 0.05) is 67.4 Å². The Morgan fingerprint density at radius 1 is 1.19 bits per heavy atom. The number of piperidine rings is 1. The molecule has 2 aliphatic heterocycles. The summed E-state index contributed by atoms with van der Waals surface area (Å²) < 4.78 is 13.8. The molecule has 1 spiro atoms. The molecule has 0 aliphatic carbocycles. The highest BCUT2D eigenvalue weighted by molar-refractivity contribution is 5.84. The van der Waals surface area contributed by atoms with Gasteiger partial charge in [0.1, 0.15) is 17.1 Å². The van der Waals surface area contributed by atoms with Crippen molar-refractivity contribution in [3.63, 3.8) is 0 Å². The van der Waals surface area contributed by atoms with Crippen molar-refractivity contribution in [2.75, 3.05) is 26.7 Å². The van der Waals surface area contributed by atoms with Crippen LogP contribution in [-0.2, 0) is 7.05 Å². The molecule has 31 heavy (non-hydrogen) atoms. The molecule has 1 fully saturated rings. The van der Waals surface area contributed by atoms with Crippen molar-refractivity contribution in [1.29, 1.82) is 0 Å². The molecule has 2 aliphatic rings. The van der Waals surface area contributed by atoms with Crippen molar-refractivity contribution in [3.8, 4) is 11.5 Å². The van der Waals surface area contributed by atoms with E-state index in [-0.39, 0.29) is 5.60 Å². The minimum absolute atomic E-state index is 0.361. The van der Waals surface area contributed by atoms with Gasteiger partial charge in [-0.2, -0.15) is 0 Å². The lowest BCUT2D eigenvalue weighted by molar-refractivity contribution is -0.0588. The Bertz CT molecular complexity index is 1080. The summed E-state index contributed by atoms with van der Waals surface area (Å²) in [4.78, 5) is 2.30. The van der Waals surface area contributed by atoms with Crippen molar-refractivity contribution in [3.05, 3.63) is 59.8 Å². The number of aryl methyl sites for hydroxylation is 1. The summed E-state index contributed by atoms with van der Waals surface area (Å²) in [5.41, 5.74) is 2.58. The Balaban J connectivity index is 1.27. The Morgan fingerprint density at radius 2 is 1.97 bits per heavy atom. The van der Waals surface area contributed by atoms with Crippen molar-refractivity contribution in [2.45, 2.75) is 37.1 Å². The standard InChI is InChI=1S/C25H30N2O4/c1-26-15-20(18-5-3-4-6-21(18)26)23(29)16-27-11-9-25(10-12-27)14-22(28)19-8-7-17(30-2)13-24(19)31-25/h3-8,13,15,22-23,28-29H,9-12,14,16H2,1-2H3. The van der Waals surface area contributed by atoms with Gasteiger partial charge in [-0.1, -0.05) is 18.2 Å². The number of hydrogen-bond acceptors (Lipinski definition) is 5. The number of likely N-dealkylation sites (tertiary alicyclic amines) is 1. The summed E-state index contributed by atoms with van der Waals surface area (Å²) in [5, 5.41) is 22.8. The number of aliphatic hydroxyl groups is 2. The topological polar surface area (TPSA) is 67.1 Å². The van der Waals surface area contributed by atoms with E-state index in [9.17, 15) is 10.2 Å². The van der Waals surface area contributed by atoms with Crippen LogP contribution < -0.4 is 9.47 Å². The summed E-state index contributed by atoms with van der Waals surface area (Å²) in [7, 11) is 3.65. The van der Waals surface area contributed by atoms with Crippen molar-refractivity contribution in [2.24, 2.45) is 7.05 Å². The van der Waals surface area contributed by atoms with Crippen molar-refractivity contribution < 1.29 is 19.7 Å². The van der Waals surface area contributed by atoms with E-state index in [2.05, 4.69) is 21.6 Å². The third-order valence-corrected chi connectivity index (χ3v) is 6.96. The van der Waals surface area contributed by atoms with Gasteiger partial charge >= 0.3 is 0 Å². The number of aliphatic hydroxyl groups excluding tert-OH is 2. The number of β-amino-alcohol motifs (C(OH)–C–C–N with tert-alkyl or cyclic N) is 1. The summed E-state index contributed by atoms with van der Waals surface area (Å²) in [6.07, 6.45) is 3.22. The maximum atomic E-state index is 11.0. The number of hydrogen-bond donors (Lipinski definition) is 2. The molecule has 2 aromatic carbocycles. The number of fused-ring (bicyclic) bond motifs is 2. The second kappa shape index (κ2) is 7.86. The summed E-state index contributed by atoms with van der Waals surface area (Å²) in [6.45, 7) is 2.25. The molecule has 5 rings (SSSR count). The Morgan fingerprint density at radius 3 is 2.74 bits per heavy atom. The Kier molecular flexibility index (Phi) is 5.16. The van der Waals surface area contributed by atoms with E-state index in [4.69, 9.17) is 9.47 Å². The molecule has 2 N–H and O–H groups in total. The van der Waals surface area contributed by atoms with E-state index in [1.165, 1.54) is 0 Å². The first kappa shape index (κ1) is 20.4. The van der Waals surface area contributed by atoms with E-state index in [0.717, 1.165) is 59.5 Å². The second-order valence-corrected chi connectivity index (χ2v) is 8.94. The second-order valence-electron chi connectivity index (χ2n) is 8.94. The van der Waals surface area contributed by atoms with Crippen LogP contribution in [0, 0.1) is 0 Å². The van der Waals surface area contributed by atoms with Crippen molar-refractivity contribution in [1.82, 2.24) is 9.47 Å². The molecular weight excluding hydrogens is 392 g/mol. The third kappa shape index (κ3) is 3.69. The fourth-order valence-corrected chi connectivity index (χ4v) is 5.17. The zero-order valence-corrected chi connectivity index (χ0v) is 18.1. The summed E-state index contributed by atoms with van der Waals surface area (Å²) in [6, 6.07) is 13.8. The van der Waals surface area contributed by atoms with Gasteiger partial charge in [0.2, 0.25) is 0 Å². The molecule has 1 aromatic heterocycles. The van der Waals surface area contributed by atoms with Crippen LogP contribution in [0.4, 0.5) is 0 Å². The Hall–Kier alpha value is -2.54. The molecule has 2 atom stereocenters. The fraction of sp³-hybridized carbons (Fsp3) is 0.440. The van der Waals surface area contributed by atoms with E-state index in [1.54, 1.807) is 7.11 Å². The Labute approximate surface area is 182 Å². The van der Waals surface area contributed by atoms with Gasteiger partial charge in [-0.3, -0.25) is 0 Å². The number of rotatable bonds is 4. The fourth-order valence-electron chi connectivity index (χ4n) is 5.17. The highest BCUT2D eigenvalue weighted by Crippen LogP contribution is 2.45. The van der Waals surface area contributed by atoms with Crippen molar-refractivity contribution >= 4 is 10.9 Å². The smallest absolute Gasteiger partial charge is 0.129 e. The van der Waals surface area contributed by atoms with Crippen LogP contribution in [0.5, 0.6) is 11.5 Å². The van der Waals surface area contributed by atoms with Gasteiger partial charge in [0.25, 0.3) is 0 Å². The maximum absolute atomic E-state index is 11.0. The molecule has 3 heterocycles. The van der Waals surface area contributed by atoms with Gasteiger partial charge in [-0.05, 0) is 31.0 Å². The number of ether oxygens (including phenoxy) is 2. The van der Waals surface area contributed by atoms with E-state index < -0.39 is 12.2 Å². The maximum Gasteiger partial charge on any atom is 0.129 e. The SMILES string of the molecule is COc1ccc2c(c1)OC1(CCN(CC(O)c3cn(C)c4ccccc34)CC1)CC2O. The quantitative estimate of drug-likeness (QED) is 0.673. The van der Waals surface area contributed by atoms with Crippen LogP contribution in [0.25, 0.3) is 10.9 Å². The van der Waals surface area contributed by atoms with Crippen LogP contribution in [0.2, 0.25) is 0 Å². The van der Waals surface area contributed by atoms with Crippen LogP contribution in [0.3, 0.4) is 0 Å². The lowest BCUT2D eigenvalue weighted by Gasteiger charge is -2.46. The largest absolute Gasteiger partial charge is 0.497 e. The molecule has 0 radical (unpaired) electrons. The zero-order chi connectivity index (χ0) is 21.6. The van der Waals surface area contributed by atoms with Gasteiger partial charge in [-0.15, -0.1) is 0 Å². The van der Waals surface area contributed by atoms with Crippen LogP contribution in [0.1, 0.15) is 42.6 Å². The van der Waals surface area contributed by atoms with Gasteiger partial charge in [-0.25, -0.2) is 0 Å². The minimum Gasteiger partial charge on any atom is -0.497 e. The third-order valence-electron chi connectivity index (χ3n) is 6.96. The lowest BCUT2D eigenvalue weighted by Crippen LogP contribution is -2.51. The average Bonchev–Trinajstić information content (AvgIpc) is 3.12. The number of benzene rings is 2.